The van der Waals surface area contributed by atoms with Gasteiger partial charge in [-0.15, -0.1) is 5.10 Å². The summed E-state index contributed by atoms with van der Waals surface area (Å²) in [6, 6.07) is 13.4. The van der Waals surface area contributed by atoms with Crippen LogP contribution in [0.15, 0.2) is 47.3 Å². The van der Waals surface area contributed by atoms with Gasteiger partial charge in [-0.25, -0.2) is 0 Å². The molecule has 0 spiro atoms. The third kappa shape index (κ3) is 5.47. The minimum absolute atomic E-state index is 0.180. The van der Waals surface area contributed by atoms with Crippen LogP contribution in [0.25, 0.3) is 22.4 Å². The maximum Gasteiger partial charge on any atom is 0.300 e. The van der Waals surface area contributed by atoms with Gasteiger partial charge in [0.05, 0.1) is 18.8 Å². The molecule has 2 aromatic carbocycles. The van der Waals surface area contributed by atoms with Crippen LogP contribution in [0, 0.1) is 0 Å². The van der Waals surface area contributed by atoms with Gasteiger partial charge in [0.25, 0.3) is 11.5 Å². The van der Waals surface area contributed by atoms with Gasteiger partial charge < -0.3 is 19.5 Å². The first kappa shape index (κ1) is 23.7. The molecule has 2 heterocycles. The van der Waals surface area contributed by atoms with Crippen LogP contribution in [0.1, 0.15) is 12.5 Å². The van der Waals surface area contributed by atoms with Crippen molar-refractivity contribution in [3.63, 3.8) is 0 Å². The molecular formula is C23H24N4O5S. The highest BCUT2D eigenvalue weighted by atomic mass is 32.1. The molecular weight excluding hydrogens is 444 g/mol. The van der Waals surface area contributed by atoms with Gasteiger partial charge in [-0.3, -0.25) is 9.59 Å². The summed E-state index contributed by atoms with van der Waals surface area (Å²) < 4.78 is 12.5. The lowest BCUT2D eigenvalue weighted by Gasteiger charge is -2.11. The monoisotopic (exact) mass is 468 g/mol. The fourth-order valence-electron chi connectivity index (χ4n) is 2.95. The van der Waals surface area contributed by atoms with Crippen molar-refractivity contribution in [2.75, 3.05) is 33.2 Å². The number of hydrogen-bond acceptors (Lipinski definition) is 8. The minimum Gasteiger partial charge on any atom is -0.493 e. The molecule has 0 aliphatic heterocycles. The Kier molecular flexibility index (Phi) is 7.29. The standard InChI is InChI=1S/C21H20N4O3S.C2H4O2/c1-24(2)15-8-5-13(6-9-15)11-18-20(26)25-21(29-18)22-19(23-25)14-7-10-16(27-3)17(12-14)28-4;1-2(3)4/h5-12H,1-4H3;1H3,(H,3,4)/b18-11-;. The van der Waals surface area contributed by atoms with E-state index in [1.807, 2.05) is 55.4 Å². The molecule has 0 radical (unpaired) electrons. The quantitative estimate of drug-likeness (QED) is 0.476. The summed E-state index contributed by atoms with van der Waals surface area (Å²) in [5, 5.41) is 11.8. The molecule has 0 saturated heterocycles. The van der Waals surface area contributed by atoms with Crippen molar-refractivity contribution in [1.29, 1.82) is 0 Å². The summed E-state index contributed by atoms with van der Waals surface area (Å²) in [6.45, 7) is 1.08. The van der Waals surface area contributed by atoms with Gasteiger partial charge in [-0.1, -0.05) is 23.5 Å². The smallest absolute Gasteiger partial charge is 0.300 e. The molecule has 0 aliphatic carbocycles. The van der Waals surface area contributed by atoms with Gasteiger partial charge in [0, 0.05) is 32.3 Å². The molecule has 0 amide bonds. The molecule has 0 atom stereocenters. The summed E-state index contributed by atoms with van der Waals surface area (Å²) in [4.78, 5) is 28.9. The number of methoxy groups -OCH3 is 2. The number of aliphatic carboxylic acids is 1. The average Bonchev–Trinajstić information content (AvgIpc) is 3.32. The van der Waals surface area contributed by atoms with E-state index in [9.17, 15) is 4.79 Å². The van der Waals surface area contributed by atoms with Gasteiger partial charge in [0.15, 0.2) is 17.3 Å². The normalized spacial score (nSPS) is 11.1. The van der Waals surface area contributed by atoms with E-state index in [4.69, 9.17) is 19.4 Å². The van der Waals surface area contributed by atoms with Gasteiger partial charge >= 0.3 is 0 Å². The first-order valence-electron chi connectivity index (χ1n) is 9.84. The van der Waals surface area contributed by atoms with Gasteiger partial charge in [-0.2, -0.15) is 9.50 Å². The molecule has 4 rings (SSSR count). The van der Waals surface area contributed by atoms with E-state index < -0.39 is 5.97 Å². The van der Waals surface area contributed by atoms with E-state index in [0.717, 1.165) is 23.7 Å². The number of thiazole rings is 1. The van der Waals surface area contributed by atoms with Crippen molar-refractivity contribution in [2.45, 2.75) is 6.92 Å². The van der Waals surface area contributed by atoms with E-state index in [1.54, 1.807) is 26.4 Å². The van der Waals surface area contributed by atoms with Crippen LogP contribution >= 0.6 is 11.3 Å². The van der Waals surface area contributed by atoms with Crippen LogP contribution in [0.4, 0.5) is 5.69 Å². The highest BCUT2D eigenvalue weighted by Crippen LogP contribution is 2.31. The average molecular weight is 469 g/mol. The number of benzene rings is 2. The highest BCUT2D eigenvalue weighted by Gasteiger charge is 2.14. The lowest BCUT2D eigenvalue weighted by molar-refractivity contribution is -0.134. The second-order valence-electron chi connectivity index (χ2n) is 7.12. The summed E-state index contributed by atoms with van der Waals surface area (Å²) in [5.74, 6) is 0.843. The van der Waals surface area contributed by atoms with E-state index in [-0.39, 0.29) is 5.56 Å². The number of aromatic nitrogens is 3. The molecule has 0 unspecified atom stereocenters. The fourth-order valence-corrected chi connectivity index (χ4v) is 3.86. The Morgan fingerprint density at radius 2 is 1.73 bits per heavy atom. The summed E-state index contributed by atoms with van der Waals surface area (Å²) in [5.41, 5.74) is 2.63. The second kappa shape index (κ2) is 10.1. The Balaban J connectivity index is 0.000000709. The lowest BCUT2D eigenvalue weighted by Crippen LogP contribution is -2.23. The molecule has 9 nitrogen and oxygen atoms in total. The van der Waals surface area contributed by atoms with Crippen molar-refractivity contribution in [3.05, 3.63) is 62.9 Å². The SMILES string of the molecule is CC(=O)O.COc1ccc(-c2nc3s/c(=C\c4ccc(N(C)C)cc4)c(=O)n3n2)cc1OC. The van der Waals surface area contributed by atoms with E-state index in [1.165, 1.54) is 15.9 Å². The van der Waals surface area contributed by atoms with Crippen LogP contribution < -0.4 is 24.5 Å². The number of fused-ring (bicyclic) bond motifs is 1. The number of nitrogens with zero attached hydrogens (tertiary/aromatic N) is 4. The van der Waals surface area contributed by atoms with Crippen molar-refractivity contribution >= 4 is 34.0 Å². The third-order valence-electron chi connectivity index (χ3n) is 4.53. The van der Waals surface area contributed by atoms with Crippen LogP contribution in [-0.4, -0.2) is 54.0 Å². The predicted molar refractivity (Wildman–Crippen MR) is 129 cm³/mol. The zero-order valence-corrected chi connectivity index (χ0v) is 19.7. The largest absolute Gasteiger partial charge is 0.493 e. The number of carboxylic acids is 1. The zero-order valence-electron chi connectivity index (χ0n) is 18.9. The number of carboxylic acid groups (broad SMARTS) is 1. The number of carbonyl (C=O) groups is 1. The predicted octanol–water partition coefficient (Wildman–Crippen LogP) is 2.54. The topological polar surface area (TPSA) is 106 Å². The first-order valence-corrected chi connectivity index (χ1v) is 10.7. The number of rotatable bonds is 5. The third-order valence-corrected chi connectivity index (χ3v) is 5.49. The van der Waals surface area contributed by atoms with Crippen molar-refractivity contribution in [2.24, 2.45) is 0 Å². The second-order valence-corrected chi connectivity index (χ2v) is 8.13. The summed E-state index contributed by atoms with van der Waals surface area (Å²) in [7, 11) is 7.14. The highest BCUT2D eigenvalue weighted by molar-refractivity contribution is 7.15. The van der Waals surface area contributed by atoms with Gasteiger partial charge in [-0.05, 0) is 42.0 Å². The molecule has 4 aromatic rings. The van der Waals surface area contributed by atoms with Crippen LogP contribution in [0.3, 0.4) is 0 Å². The minimum atomic E-state index is -0.833. The maximum absolute atomic E-state index is 12.8. The van der Waals surface area contributed by atoms with E-state index in [0.29, 0.717) is 26.8 Å². The Morgan fingerprint density at radius 1 is 1.09 bits per heavy atom. The van der Waals surface area contributed by atoms with Crippen molar-refractivity contribution in [1.82, 2.24) is 14.6 Å². The summed E-state index contributed by atoms with van der Waals surface area (Å²) in [6.07, 6.45) is 1.86. The van der Waals surface area contributed by atoms with Crippen LogP contribution in [0.5, 0.6) is 11.5 Å². The van der Waals surface area contributed by atoms with Gasteiger partial charge in [0.2, 0.25) is 4.96 Å². The Hall–Kier alpha value is -3.92. The number of anilines is 1. The van der Waals surface area contributed by atoms with Crippen LogP contribution in [-0.2, 0) is 4.79 Å². The Bertz CT molecular complexity index is 1370. The van der Waals surface area contributed by atoms with E-state index in [2.05, 4.69) is 10.1 Å². The summed E-state index contributed by atoms with van der Waals surface area (Å²) >= 11 is 1.32. The van der Waals surface area contributed by atoms with Crippen LogP contribution in [0.2, 0.25) is 0 Å². The molecule has 172 valence electrons. The molecule has 0 fully saturated rings. The van der Waals surface area contributed by atoms with Crippen molar-refractivity contribution < 1.29 is 19.4 Å². The first-order chi connectivity index (χ1) is 15.7. The van der Waals surface area contributed by atoms with Crippen molar-refractivity contribution in [3.8, 4) is 22.9 Å². The van der Waals surface area contributed by atoms with Gasteiger partial charge in [0.1, 0.15) is 0 Å². The molecule has 33 heavy (non-hydrogen) atoms. The molecule has 2 aromatic heterocycles. The number of hydrogen-bond donors (Lipinski definition) is 1. The molecule has 0 aliphatic rings. The zero-order chi connectivity index (χ0) is 24.1. The fraction of sp³-hybridized carbons (Fsp3) is 0.217. The Morgan fingerprint density at radius 3 is 2.27 bits per heavy atom. The molecule has 1 N–H and O–H groups in total. The molecule has 10 heteroatoms. The molecule has 0 saturated carbocycles. The van der Waals surface area contributed by atoms with E-state index >= 15 is 0 Å². The number of ether oxygens (including phenoxy) is 2. The maximum atomic E-state index is 12.8. The lowest BCUT2D eigenvalue weighted by atomic mass is 10.2. The molecule has 0 bridgehead atoms. The Labute approximate surface area is 194 Å².